The standard InChI is InChI=1S/C25H29F2N5O4/c26-16-12-25(6-2-8-31(25)13-16)15-36-24-28-18-14-32(21-17(27)4-1-5-19(21)33)23(34)20(18)22(29-24)30-7-3-10-35-11-9-30/h1,4-5,16,33H,2-3,6-15H2/t16-,25+/m1/s1. The predicted molar refractivity (Wildman–Crippen MR) is 127 cm³/mol. The van der Waals surface area contributed by atoms with Crippen LogP contribution in [0.1, 0.15) is 41.7 Å². The van der Waals surface area contributed by atoms with Gasteiger partial charge in [0, 0.05) is 32.7 Å². The van der Waals surface area contributed by atoms with Gasteiger partial charge in [-0.1, -0.05) is 6.07 Å². The van der Waals surface area contributed by atoms with E-state index in [9.17, 15) is 18.7 Å². The van der Waals surface area contributed by atoms with Crippen LogP contribution in [0.3, 0.4) is 0 Å². The van der Waals surface area contributed by atoms with Crippen molar-refractivity contribution in [1.82, 2.24) is 14.9 Å². The van der Waals surface area contributed by atoms with E-state index < -0.39 is 17.9 Å². The molecule has 1 N–H and O–H groups in total. The first-order valence-electron chi connectivity index (χ1n) is 12.5. The number of nitrogens with zero attached hydrogens (tertiary/aromatic N) is 5. The van der Waals surface area contributed by atoms with Crippen LogP contribution in [-0.2, 0) is 11.3 Å². The molecule has 9 nitrogen and oxygen atoms in total. The fraction of sp³-hybridized carbons (Fsp3) is 0.560. The Morgan fingerprint density at radius 3 is 2.94 bits per heavy atom. The van der Waals surface area contributed by atoms with Gasteiger partial charge in [0.2, 0.25) is 0 Å². The second-order valence-electron chi connectivity index (χ2n) is 9.97. The predicted octanol–water partition coefficient (Wildman–Crippen LogP) is 2.66. The number of anilines is 2. The zero-order valence-corrected chi connectivity index (χ0v) is 20.0. The van der Waals surface area contributed by atoms with Gasteiger partial charge >= 0.3 is 6.01 Å². The van der Waals surface area contributed by atoms with Gasteiger partial charge in [-0.2, -0.15) is 9.97 Å². The van der Waals surface area contributed by atoms with Gasteiger partial charge < -0.3 is 19.5 Å². The van der Waals surface area contributed by atoms with Crippen molar-refractivity contribution in [1.29, 1.82) is 0 Å². The Morgan fingerprint density at radius 1 is 1.19 bits per heavy atom. The number of hydrogen-bond donors (Lipinski definition) is 1. The molecule has 0 bridgehead atoms. The van der Waals surface area contributed by atoms with Gasteiger partial charge in [-0.05, 0) is 37.9 Å². The Bertz CT molecular complexity index is 1160. The number of amides is 1. The molecule has 5 heterocycles. The first kappa shape index (κ1) is 23.4. The molecule has 3 fully saturated rings. The second kappa shape index (κ2) is 9.11. The largest absolute Gasteiger partial charge is 0.506 e. The van der Waals surface area contributed by atoms with Gasteiger partial charge in [-0.15, -0.1) is 0 Å². The zero-order valence-electron chi connectivity index (χ0n) is 20.0. The van der Waals surface area contributed by atoms with Gasteiger partial charge in [0.05, 0.1) is 24.4 Å². The molecule has 192 valence electrons. The van der Waals surface area contributed by atoms with Gasteiger partial charge in [-0.3, -0.25) is 14.6 Å². The number of aromatic hydroxyl groups is 1. The van der Waals surface area contributed by atoms with E-state index in [1.54, 1.807) is 0 Å². The maximum atomic E-state index is 14.7. The number of hydrogen-bond acceptors (Lipinski definition) is 8. The number of carbonyl (C=O) groups is 1. The number of phenolic OH excluding ortho intramolecular Hbond substituents is 1. The molecule has 0 spiro atoms. The molecule has 1 aromatic carbocycles. The highest BCUT2D eigenvalue weighted by molar-refractivity contribution is 6.13. The Kier molecular flexibility index (Phi) is 5.91. The quantitative estimate of drug-likeness (QED) is 0.669. The van der Waals surface area contributed by atoms with Crippen molar-refractivity contribution in [2.45, 2.75) is 43.9 Å². The molecule has 0 saturated carbocycles. The lowest BCUT2D eigenvalue weighted by Gasteiger charge is -2.31. The minimum Gasteiger partial charge on any atom is -0.506 e. The number of aromatic nitrogens is 2. The van der Waals surface area contributed by atoms with Crippen molar-refractivity contribution in [3.63, 3.8) is 0 Å². The normalized spacial score (nSPS) is 26.3. The molecule has 4 aliphatic rings. The Hall–Kier alpha value is -3.05. The van der Waals surface area contributed by atoms with Crippen LogP contribution >= 0.6 is 0 Å². The highest BCUT2D eigenvalue weighted by Gasteiger charge is 2.49. The molecule has 4 aliphatic heterocycles. The third-order valence-electron chi connectivity index (χ3n) is 7.70. The van der Waals surface area contributed by atoms with E-state index in [1.165, 1.54) is 23.1 Å². The summed E-state index contributed by atoms with van der Waals surface area (Å²) >= 11 is 0. The van der Waals surface area contributed by atoms with Gasteiger partial charge in [0.25, 0.3) is 5.91 Å². The smallest absolute Gasteiger partial charge is 0.318 e. The number of phenols is 1. The number of para-hydroxylation sites is 1. The molecule has 2 atom stereocenters. The third-order valence-corrected chi connectivity index (χ3v) is 7.70. The Labute approximate surface area is 207 Å². The molecule has 0 unspecified atom stereocenters. The summed E-state index contributed by atoms with van der Waals surface area (Å²) in [5.41, 5.74) is 0.133. The highest BCUT2D eigenvalue weighted by atomic mass is 19.1. The molecular formula is C25H29F2N5O4. The number of alkyl halides is 1. The van der Waals surface area contributed by atoms with Crippen LogP contribution in [0.2, 0.25) is 0 Å². The van der Waals surface area contributed by atoms with E-state index in [4.69, 9.17) is 9.47 Å². The lowest BCUT2D eigenvalue weighted by molar-refractivity contribution is 0.0994. The van der Waals surface area contributed by atoms with Gasteiger partial charge in [-0.25, -0.2) is 8.78 Å². The monoisotopic (exact) mass is 501 g/mol. The van der Waals surface area contributed by atoms with Crippen LogP contribution in [-0.4, -0.2) is 83.6 Å². The topological polar surface area (TPSA) is 91.3 Å². The Balaban J connectivity index is 1.35. The fourth-order valence-corrected chi connectivity index (χ4v) is 6.01. The lowest BCUT2D eigenvalue weighted by atomic mass is 9.95. The van der Waals surface area contributed by atoms with Crippen molar-refractivity contribution in [2.24, 2.45) is 0 Å². The van der Waals surface area contributed by atoms with E-state index >= 15 is 0 Å². The van der Waals surface area contributed by atoms with Crippen molar-refractivity contribution in [2.75, 3.05) is 55.8 Å². The van der Waals surface area contributed by atoms with E-state index in [0.717, 1.165) is 25.8 Å². The summed E-state index contributed by atoms with van der Waals surface area (Å²) in [6, 6.07) is 4.04. The maximum Gasteiger partial charge on any atom is 0.318 e. The average molecular weight is 502 g/mol. The Morgan fingerprint density at radius 2 is 2.08 bits per heavy atom. The van der Waals surface area contributed by atoms with Crippen molar-refractivity contribution in [3.05, 3.63) is 35.3 Å². The first-order valence-corrected chi connectivity index (χ1v) is 12.5. The molecule has 0 radical (unpaired) electrons. The van der Waals surface area contributed by atoms with Crippen molar-refractivity contribution in [3.8, 4) is 11.8 Å². The van der Waals surface area contributed by atoms with Crippen LogP contribution in [0.5, 0.6) is 11.8 Å². The summed E-state index contributed by atoms with van der Waals surface area (Å²) in [7, 11) is 0. The third kappa shape index (κ3) is 3.94. The fourth-order valence-electron chi connectivity index (χ4n) is 6.01. The zero-order chi connectivity index (χ0) is 24.9. The molecule has 0 aliphatic carbocycles. The van der Waals surface area contributed by atoms with E-state index in [2.05, 4.69) is 14.9 Å². The maximum absolute atomic E-state index is 14.7. The lowest BCUT2D eigenvalue weighted by Crippen LogP contribution is -2.43. The summed E-state index contributed by atoms with van der Waals surface area (Å²) in [5, 5.41) is 10.3. The minimum atomic E-state index is -0.873. The molecule has 1 aromatic heterocycles. The second-order valence-corrected chi connectivity index (χ2v) is 9.97. The SMILES string of the molecule is O=C1c2c(nc(OC[C@@]34CCCN3C[C@H](F)C4)nc2N2CCCOCC2)CN1c1c(O)cccc1F. The van der Waals surface area contributed by atoms with Crippen LogP contribution in [0.4, 0.5) is 20.3 Å². The van der Waals surface area contributed by atoms with Gasteiger partial charge in [0.1, 0.15) is 35.6 Å². The van der Waals surface area contributed by atoms with Gasteiger partial charge in [0.15, 0.2) is 5.82 Å². The molecule has 36 heavy (non-hydrogen) atoms. The minimum absolute atomic E-state index is 0.0251. The molecule has 2 aromatic rings. The number of benzene rings is 1. The van der Waals surface area contributed by atoms with Crippen LogP contribution in [0, 0.1) is 5.82 Å². The van der Waals surface area contributed by atoms with Crippen LogP contribution < -0.4 is 14.5 Å². The van der Waals surface area contributed by atoms with Crippen LogP contribution in [0.15, 0.2) is 18.2 Å². The summed E-state index contributed by atoms with van der Waals surface area (Å²) in [6.45, 7) is 3.76. The molecule has 11 heteroatoms. The summed E-state index contributed by atoms with van der Waals surface area (Å²) in [6.07, 6.45) is 2.16. The summed E-state index contributed by atoms with van der Waals surface area (Å²) in [5.74, 6) is -1.09. The molecule has 1 amide bonds. The van der Waals surface area contributed by atoms with Crippen LogP contribution in [0.25, 0.3) is 0 Å². The van der Waals surface area contributed by atoms with Crippen molar-refractivity contribution >= 4 is 17.4 Å². The van der Waals surface area contributed by atoms with E-state index in [0.29, 0.717) is 50.8 Å². The van der Waals surface area contributed by atoms with E-state index in [1.807, 2.05) is 4.90 Å². The molecular weight excluding hydrogens is 472 g/mol. The number of carbonyl (C=O) groups excluding carboxylic acids is 1. The summed E-state index contributed by atoms with van der Waals surface area (Å²) in [4.78, 5) is 28.0. The average Bonchev–Trinajstić information content (AvgIpc) is 3.38. The first-order chi connectivity index (χ1) is 17.4. The van der Waals surface area contributed by atoms with E-state index in [-0.39, 0.29) is 41.7 Å². The number of halogens is 2. The van der Waals surface area contributed by atoms with Crippen molar-refractivity contribution < 1.29 is 28.2 Å². The number of rotatable bonds is 5. The highest BCUT2D eigenvalue weighted by Crippen LogP contribution is 2.42. The molecule has 3 saturated heterocycles. The molecule has 6 rings (SSSR count). The number of fused-ring (bicyclic) bond motifs is 2. The number of ether oxygens (including phenoxy) is 2. The summed E-state index contributed by atoms with van der Waals surface area (Å²) < 4.78 is 40.6.